The minimum Gasteiger partial charge on any atom is -0.324 e. The van der Waals surface area contributed by atoms with Crippen LogP contribution in [0.2, 0.25) is 5.15 Å². The highest BCUT2D eigenvalue weighted by atomic mass is 35.5. The van der Waals surface area contributed by atoms with Gasteiger partial charge in [0.1, 0.15) is 10.2 Å². The molecule has 0 bridgehead atoms. The molecule has 1 N–H and O–H groups in total. The second-order valence-electron chi connectivity index (χ2n) is 3.64. The van der Waals surface area contributed by atoms with E-state index in [0.717, 1.165) is 4.88 Å². The Kier molecular flexibility index (Phi) is 3.71. The Bertz CT molecular complexity index is 662. The van der Waals surface area contributed by atoms with Gasteiger partial charge in [0.2, 0.25) is 5.03 Å². The number of thiazole rings is 1. The molecule has 2 aromatic rings. The Morgan fingerprint density at radius 1 is 1.50 bits per heavy atom. The van der Waals surface area contributed by atoms with Crippen molar-refractivity contribution in [3.63, 3.8) is 0 Å². The first-order chi connectivity index (χ1) is 8.40. The molecule has 18 heavy (non-hydrogen) atoms. The number of nitrogens with zero attached hydrogens (tertiary/aromatic N) is 3. The van der Waals surface area contributed by atoms with E-state index in [1.54, 1.807) is 13.2 Å². The Morgan fingerprint density at radius 2 is 2.22 bits per heavy atom. The fourth-order valence-electron chi connectivity index (χ4n) is 1.28. The molecule has 0 unspecified atom stereocenters. The lowest BCUT2D eigenvalue weighted by atomic mass is 10.6. The van der Waals surface area contributed by atoms with Crippen LogP contribution < -0.4 is 4.72 Å². The molecular formula is C9H11ClN4O2S2. The molecule has 9 heteroatoms. The van der Waals surface area contributed by atoms with E-state index in [-0.39, 0.29) is 16.7 Å². The van der Waals surface area contributed by atoms with E-state index in [1.807, 2.05) is 6.92 Å². The summed E-state index contributed by atoms with van der Waals surface area (Å²) in [6, 6.07) is 0. The Hall–Kier alpha value is -0.960. The van der Waals surface area contributed by atoms with Crippen LogP contribution in [0.5, 0.6) is 0 Å². The van der Waals surface area contributed by atoms with Crippen LogP contribution in [0.4, 0.5) is 0 Å². The smallest absolute Gasteiger partial charge is 0.261 e. The highest BCUT2D eigenvalue weighted by Gasteiger charge is 2.22. The molecule has 2 aromatic heterocycles. The first-order valence-electron chi connectivity index (χ1n) is 4.98. The zero-order valence-corrected chi connectivity index (χ0v) is 12.1. The first kappa shape index (κ1) is 13.5. The van der Waals surface area contributed by atoms with Crippen LogP contribution in [0.1, 0.15) is 9.88 Å². The van der Waals surface area contributed by atoms with Crippen LogP contribution in [0.25, 0.3) is 0 Å². The standard InChI is InChI=1S/C9H11ClN4O2S2/c1-6-3-11-7(17-6)4-13-18(15,16)9-8(10)14(2)5-12-9/h3,5,13H,4H2,1-2H3. The molecule has 0 aliphatic carbocycles. The lowest BCUT2D eigenvalue weighted by molar-refractivity contribution is 0.578. The molecule has 2 heterocycles. The average molecular weight is 307 g/mol. The van der Waals surface area contributed by atoms with Gasteiger partial charge in [-0.2, -0.15) is 0 Å². The summed E-state index contributed by atoms with van der Waals surface area (Å²) in [6.07, 6.45) is 3.05. The predicted molar refractivity (Wildman–Crippen MR) is 69.1 cm³/mol. The first-order valence-corrected chi connectivity index (χ1v) is 7.65. The van der Waals surface area contributed by atoms with Crippen LogP contribution in [0.15, 0.2) is 17.6 Å². The van der Waals surface area contributed by atoms with Gasteiger partial charge in [-0.15, -0.1) is 11.3 Å². The molecule has 6 nitrogen and oxygen atoms in total. The van der Waals surface area contributed by atoms with Crippen LogP contribution >= 0.6 is 22.9 Å². The lowest BCUT2D eigenvalue weighted by Crippen LogP contribution is -2.23. The van der Waals surface area contributed by atoms with E-state index in [2.05, 4.69) is 14.7 Å². The minimum absolute atomic E-state index is 0.0813. The van der Waals surface area contributed by atoms with Gasteiger partial charge in [-0.1, -0.05) is 11.6 Å². The van der Waals surface area contributed by atoms with Crippen molar-refractivity contribution < 1.29 is 8.42 Å². The maximum absolute atomic E-state index is 12.0. The summed E-state index contributed by atoms with van der Waals surface area (Å²) in [5.41, 5.74) is 0. The third-order valence-electron chi connectivity index (χ3n) is 2.17. The van der Waals surface area contributed by atoms with Gasteiger partial charge in [-0.05, 0) is 6.92 Å². The molecule has 0 aliphatic rings. The van der Waals surface area contributed by atoms with E-state index in [1.165, 1.54) is 22.2 Å². The van der Waals surface area contributed by atoms with E-state index in [9.17, 15) is 8.42 Å². The summed E-state index contributed by atoms with van der Waals surface area (Å²) < 4.78 is 27.8. The topological polar surface area (TPSA) is 76.9 Å². The van der Waals surface area contributed by atoms with Crippen molar-refractivity contribution in [1.82, 2.24) is 19.3 Å². The molecule has 0 aromatic carbocycles. The van der Waals surface area contributed by atoms with Crippen molar-refractivity contribution in [3.05, 3.63) is 27.6 Å². The van der Waals surface area contributed by atoms with Crippen molar-refractivity contribution in [2.24, 2.45) is 7.05 Å². The number of aryl methyl sites for hydroxylation is 2. The highest BCUT2D eigenvalue weighted by molar-refractivity contribution is 7.89. The SMILES string of the molecule is Cc1cnc(CNS(=O)(=O)c2ncn(C)c2Cl)s1. The summed E-state index contributed by atoms with van der Waals surface area (Å²) in [5.74, 6) is 0. The molecule has 0 aliphatic heterocycles. The quantitative estimate of drug-likeness (QED) is 0.924. The number of imidazole rings is 1. The largest absolute Gasteiger partial charge is 0.324 e. The number of rotatable bonds is 4. The van der Waals surface area contributed by atoms with Crippen molar-refractivity contribution in [1.29, 1.82) is 0 Å². The number of sulfonamides is 1. The van der Waals surface area contributed by atoms with E-state index in [4.69, 9.17) is 11.6 Å². The Morgan fingerprint density at radius 3 is 2.72 bits per heavy atom. The third kappa shape index (κ3) is 2.72. The van der Waals surface area contributed by atoms with Gasteiger partial charge in [-0.3, -0.25) is 0 Å². The molecule has 0 atom stereocenters. The number of hydrogen-bond donors (Lipinski definition) is 1. The summed E-state index contributed by atoms with van der Waals surface area (Å²) in [4.78, 5) is 8.87. The van der Waals surface area contributed by atoms with Crippen LogP contribution in [0, 0.1) is 6.92 Å². The van der Waals surface area contributed by atoms with E-state index >= 15 is 0 Å². The van der Waals surface area contributed by atoms with Crippen molar-refractivity contribution in [2.75, 3.05) is 0 Å². The zero-order chi connectivity index (χ0) is 13.3. The Balaban J connectivity index is 2.15. The number of nitrogens with one attached hydrogen (secondary N) is 1. The van der Waals surface area contributed by atoms with Crippen molar-refractivity contribution in [2.45, 2.75) is 18.5 Å². The predicted octanol–water partition coefficient (Wildman–Crippen LogP) is 1.32. The highest BCUT2D eigenvalue weighted by Crippen LogP contribution is 2.19. The second kappa shape index (κ2) is 4.96. The number of aromatic nitrogens is 3. The van der Waals surface area contributed by atoms with Gasteiger partial charge < -0.3 is 4.57 Å². The van der Waals surface area contributed by atoms with Gasteiger partial charge >= 0.3 is 0 Å². The van der Waals surface area contributed by atoms with Crippen LogP contribution in [-0.4, -0.2) is 23.0 Å². The lowest BCUT2D eigenvalue weighted by Gasteiger charge is -2.02. The molecule has 0 spiro atoms. The molecule has 0 fully saturated rings. The maximum Gasteiger partial charge on any atom is 0.261 e. The Labute approximate surface area is 114 Å². The van der Waals surface area contributed by atoms with Crippen LogP contribution in [0.3, 0.4) is 0 Å². The molecule has 0 saturated carbocycles. The number of halogens is 1. The molecule has 0 saturated heterocycles. The normalized spacial score (nSPS) is 11.9. The summed E-state index contributed by atoms with van der Waals surface area (Å²) >= 11 is 7.28. The number of hydrogen-bond acceptors (Lipinski definition) is 5. The van der Waals surface area contributed by atoms with E-state index < -0.39 is 10.0 Å². The van der Waals surface area contributed by atoms with Gasteiger partial charge in [0, 0.05) is 18.1 Å². The van der Waals surface area contributed by atoms with Gasteiger partial charge in [0.25, 0.3) is 10.0 Å². The molecule has 2 rings (SSSR count). The second-order valence-corrected chi connectivity index (χ2v) is 7.00. The summed E-state index contributed by atoms with van der Waals surface area (Å²) in [7, 11) is -2.08. The van der Waals surface area contributed by atoms with Gasteiger partial charge in [0.15, 0.2) is 0 Å². The van der Waals surface area contributed by atoms with E-state index in [0.29, 0.717) is 5.01 Å². The average Bonchev–Trinajstić information content (AvgIpc) is 2.85. The monoisotopic (exact) mass is 306 g/mol. The molecule has 98 valence electrons. The van der Waals surface area contributed by atoms with Crippen molar-refractivity contribution >= 4 is 33.0 Å². The minimum atomic E-state index is -3.71. The fourth-order valence-corrected chi connectivity index (χ4v) is 3.51. The van der Waals surface area contributed by atoms with Crippen LogP contribution in [-0.2, 0) is 23.6 Å². The van der Waals surface area contributed by atoms with Gasteiger partial charge in [-0.25, -0.2) is 23.1 Å². The fraction of sp³-hybridized carbons (Fsp3) is 0.333. The molecule has 0 radical (unpaired) electrons. The van der Waals surface area contributed by atoms with Crippen molar-refractivity contribution in [3.8, 4) is 0 Å². The molecule has 0 amide bonds. The van der Waals surface area contributed by atoms with Gasteiger partial charge in [0.05, 0.1) is 12.9 Å². The maximum atomic E-state index is 12.0. The summed E-state index contributed by atoms with van der Waals surface area (Å²) in [6.45, 7) is 2.04. The molecular weight excluding hydrogens is 296 g/mol. The zero-order valence-electron chi connectivity index (χ0n) is 9.71. The third-order valence-corrected chi connectivity index (χ3v) is 4.97. The summed E-state index contributed by atoms with van der Waals surface area (Å²) in [5, 5.41) is 0.612.